The van der Waals surface area contributed by atoms with Crippen molar-refractivity contribution in [1.29, 1.82) is 0 Å². The van der Waals surface area contributed by atoms with Gasteiger partial charge in [0.1, 0.15) is 0 Å². The van der Waals surface area contributed by atoms with Crippen molar-refractivity contribution in [2.45, 2.75) is 6.92 Å². The standard InChI is InChI=1S/C21H20N2O2/c1-2-25-20-15-9-10-17(21(20)24)16-22-23(18-11-5-3-6-12-18)19-13-7-4-8-14-19/h3-16,24H,2H2,1H3/b22-16+. The monoisotopic (exact) mass is 332 g/mol. The Kier molecular flexibility index (Phi) is 5.32. The molecule has 0 saturated heterocycles. The van der Waals surface area contributed by atoms with Gasteiger partial charge in [0.05, 0.1) is 24.2 Å². The normalized spacial score (nSPS) is 10.8. The number of hydrogen-bond donors (Lipinski definition) is 1. The number of phenols is 1. The van der Waals surface area contributed by atoms with E-state index >= 15 is 0 Å². The van der Waals surface area contributed by atoms with Crippen molar-refractivity contribution < 1.29 is 9.84 Å². The summed E-state index contributed by atoms with van der Waals surface area (Å²) in [6, 6.07) is 25.1. The number of hydrogen-bond acceptors (Lipinski definition) is 4. The second kappa shape index (κ2) is 8.02. The molecule has 0 atom stereocenters. The van der Waals surface area contributed by atoms with Gasteiger partial charge < -0.3 is 9.84 Å². The number of anilines is 2. The second-order valence-electron chi connectivity index (χ2n) is 5.35. The third-order valence-corrected chi connectivity index (χ3v) is 3.64. The summed E-state index contributed by atoms with van der Waals surface area (Å²) in [5, 5.41) is 16.8. The van der Waals surface area contributed by atoms with E-state index in [1.807, 2.05) is 78.7 Å². The summed E-state index contributed by atoms with van der Waals surface area (Å²) < 4.78 is 5.43. The zero-order valence-electron chi connectivity index (χ0n) is 14.0. The van der Waals surface area contributed by atoms with Crippen LogP contribution < -0.4 is 9.75 Å². The third kappa shape index (κ3) is 3.98. The van der Waals surface area contributed by atoms with Crippen LogP contribution in [0, 0.1) is 0 Å². The molecule has 0 saturated carbocycles. The Morgan fingerprint density at radius 1 is 0.880 bits per heavy atom. The van der Waals surface area contributed by atoms with Gasteiger partial charge in [-0.25, -0.2) is 5.01 Å². The molecule has 126 valence electrons. The molecule has 0 unspecified atom stereocenters. The summed E-state index contributed by atoms with van der Waals surface area (Å²) in [6.45, 7) is 2.38. The van der Waals surface area contributed by atoms with Gasteiger partial charge in [-0.05, 0) is 43.3 Å². The minimum absolute atomic E-state index is 0.0918. The van der Waals surface area contributed by atoms with E-state index in [1.165, 1.54) is 0 Å². The summed E-state index contributed by atoms with van der Waals surface area (Å²) in [7, 11) is 0. The molecular weight excluding hydrogens is 312 g/mol. The number of hydrazone groups is 1. The first kappa shape index (κ1) is 16.6. The number of phenolic OH excluding ortho intramolecular Hbond substituents is 1. The smallest absolute Gasteiger partial charge is 0.166 e. The average molecular weight is 332 g/mol. The average Bonchev–Trinajstić information content (AvgIpc) is 2.67. The lowest BCUT2D eigenvalue weighted by Crippen LogP contribution is -2.09. The molecule has 3 aromatic carbocycles. The fraction of sp³-hybridized carbons (Fsp3) is 0.0952. The van der Waals surface area contributed by atoms with Crippen molar-refractivity contribution in [3.05, 3.63) is 84.4 Å². The Morgan fingerprint density at radius 2 is 1.48 bits per heavy atom. The van der Waals surface area contributed by atoms with Crippen molar-refractivity contribution in [3.8, 4) is 11.5 Å². The molecule has 0 amide bonds. The van der Waals surface area contributed by atoms with Gasteiger partial charge in [0.25, 0.3) is 0 Å². The van der Waals surface area contributed by atoms with Gasteiger partial charge >= 0.3 is 0 Å². The van der Waals surface area contributed by atoms with Crippen LogP contribution in [0.5, 0.6) is 11.5 Å². The van der Waals surface area contributed by atoms with E-state index in [0.717, 1.165) is 11.4 Å². The zero-order chi connectivity index (χ0) is 17.5. The van der Waals surface area contributed by atoms with Crippen LogP contribution in [-0.2, 0) is 0 Å². The van der Waals surface area contributed by atoms with Gasteiger partial charge in [-0.1, -0.05) is 42.5 Å². The van der Waals surface area contributed by atoms with Gasteiger partial charge in [-0.2, -0.15) is 5.10 Å². The maximum atomic E-state index is 10.3. The molecule has 0 aliphatic carbocycles. The Morgan fingerprint density at radius 3 is 2.04 bits per heavy atom. The fourth-order valence-corrected chi connectivity index (χ4v) is 2.46. The van der Waals surface area contributed by atoms with Crippen molar-refractivity contribution in [2.75, 3.05) is 11.6 Å². The molecule has 0 bridgehead atoms. The molecular formula is C21H20N2O2. The van der Waals surface area contributed by atoms with Crippen molar-refractivity contribution in [3.63, 3.8) is 0 Å². The maximum absolute atomic E-state index is 10.3. The molecule has 1 N–H and O–H groups in total. The first-order valence-electron chi connectivity index (χ1n) is 8.18. The highest BCUT2D eigenvalue weighted by Crippen LogP contribution is 2.30. The summed E-state index contributed by atoms with van der Waals surface area (Å²) in [4.78, 5) is 0. The molecule has 4 heteroatoms. The number of ether oxygens (including phenoxy) is 1. The fourth-order valence-electron chi connectivity index (χ4n) is 2.46. The van der Waals surface area contributed by atoms with Crippen LogP contribution in [0.15, 0.2) is 84.0 Å². The summed E-state index contributed by atoms with van der Waals surface area (Å²) in [5.74, 6) is 0.548. The number of para-hydroxylation sites is 3. The topological polar surface area (TPSA) is 45.1 Å². The van der Waals surface area contributed by atoms with Crippen molar-refractivity contribution >= 4 is 17.6 Å². The lowest BCUT2D eigenvalue weighted by atomic mass is 10.2. The number of rotatable bonds is 6. The number of nitrogens with zero attached hydrogens (tertiary/aromatic N) is 2. The highest BCUT2D eigenvalue weighted by atomic mass is 16.5. The maximum Gasteiger partial charge on any atom is 0.166 e. The molecule has 4 nitrogen and oxygen atoms in total. The van der Waals surface area contributed by atoms with Crippen LogP contribution in [-0.4, -0.2) is 17.9 Å². The van der Waals surface area contributed by atoms with E-state index in [9.17, 15) is 5.11 Å². The van der Waals surface area contributed by atoms with Crippen LogP contribution in [0.1, 0.15) is 12.5 Å². The van der Waals surface area contributed by atoms with E-state index in [0.29, 0.717) is 17.9 Å². The van der Waals surface area contributed by atoms with Crippen LogP contribution in [0.2, 0.25) is 0 Å². The molecule has 0 aromatic heterocycles. The van der Waals surface area contributed by atoms with Crippen molar-refractivity contribution in [1.82, 2.24) is 0 Å². The van der Waals surface area contributed by atoms with E-state index in [4.69, 9.17) is 4.74 Å². The predicted molar refractivity (Wildman–Crippen MR) is 102 cm³/mol. The largest absolute Gasteiger partial charge is 0.504 e. The van der Waals surface area contributed by atoms with Gasteiger partial charge in [-0.15, -0.1) is 0 Å². The molecule has 25 heavy (non-hydrogen) atoms. The molecule has 0 aliphatic heterocycles. The molecule has 0 heterocycles. The lowest BCUT2D eigenvalue weighted by molar-refractivity contribution is 0.318. The van der Waals surface area contributed by atoms with Gasteiger partial charge in [0.2, 0.25) is 0 Å². The van der Waals surface area contributed by atoms with Crippen molar-refractivity contribution in [2.24, 2.45) is 5.10 Å². The Balaban J connectivity index is 1.96. The minimum Gasteiger partial charge on any atom is -0.504 e. The summed E-state index contributed by atoms with van der Waals surface area (Å²) >= 11 is 0. The van der Waals surface area contributed by atoms with E-state index in [2.05, 4.69) is 5.10 Å². The van der Waals surface area contributed by atoms with Crippen LogP contribution in [0.3, 0.4) is 0 Å². The SMILES string of the molecule is CCOc1cccc(/C=N/N(c2ccccc2)c2ccccc2)c1O. The number of benzene rings is 3. The first-order valence-corrected chi connectivity index (χ1v) is 8.18. The molecule has 3 rings (SSSR count). The predicted octanol–water partition coefficient (Wildman–Crippen LogP) is 4.96. The van der Waals surface area contributed by atoms with E-state index in [1.54, 1.807) is 18.3 Å². The van der Waals surface area contributed by atoms with Gasteiger partial charge in [0.15, 0.2) is 11.5 Å². The zero-order valence-corrected chi connectivity index (χ0v) is 14.0. The van der Waals surface area contributed by atoms with Crippen LogP contribution >= 0.6 is 0 Å². The van der Waals surface area contributed by atoms with E-state index in [-0.39, 0.29) is 5.75 Å². The van der Waals surface area contributed by atoms with E-state index < -0.39 is 0 Å². The third-order valence-electron chi connectivity index (χ3n) is 3.64. The van der Waals surface area contributed by atoms with Crippen LogP contribution in [0.25, 0.3) is 0 Å². The molecule has 0 spiro atoms. The molecule has 0 aliphatic rings. The highest BCUT2D eigenvalue weighted by Gasteiger charge is 2.09. The molecule has 3 aromatic rings. The Bertz CT molecular complexity index is 794. The quantitative estimate of drug-likeness (QED) is 0.512. The Hall–Kier alpha value is -3.27. The first-order chi connectivity index (χ1) is 12.3. The highest BCUT2D eigenvalue weighted by molar-refractivity contribution is 5.86. The van der Waals surface area contributed by atoms with Crippen LogP contribution in [0.4, 0.5) is 11.4 Å². The molecule has 0 fully saturated rings. The van der Waals surface area contributed by atoms with Gasteiger partial charge in [0, 0.05) is 5.56 Å². The Labute approximate surface area is 147 Å². The second-order valence-corrected chi connectivity index (χ2v) is 5.35. The number of aromatic hydroxyl groups is 1. The molecule has 0 radical (unpaired) electrons. The lowest BCUT2D eigenvalue weighted by Gasteiger charge is -2.19. The summed E-state index contributed by atoms with van der Waals surface area (Å²) in [5.41, 5.74) is 2.47. The summed E-state index contributed by atoms with van der Waals surface area (Å²) in [6.07, 6.45) is 1.64. The van der Waals surface area contributed by atoms with Gasteiger partial charge in [-0.3, -0.25) is 0 Å². The minimum atomic E-state index is 0.0918.